The van der Waals surface area contributed by atoms with Crippen LogP contribution in [0.15, 0.2) is 24.3 Å². The second kappa shape index (κ2) is 4.56. The van der Waals surface area contributed by atoms with E-state index in [1.807, 2.05) is 23.9 Å². The molecule has 0 spiro atoms. The van der Waals surface area contributed by atoms with E-state index in [9.17, 15) is 0 Å². The van der Waals surface area contributed by atoms with Crippen molar-refractivity contribution < 1.29 is 0 Å². The number of hydrogen-bond acceptors (Lipinski definition) is 2. The number of hydrogen-bond donors (Lipinski definition) is 0. The molecule has 1 nitrogen and oxygen atoms in total. The molecule has 1 aliphatic heterocycles. The van der Waals surface area contributed by atoms with Crippen molar-refractivity contribution in [3.63, 3.8) is 0 Å². The monoisotopic (exact) mass is 227 g/mol. The molecule has 0 aliphatic carbocycles. The zero-order chi connectivity index (χ0) is 9.97. The van der Waals surface area contributed by atoms with Gasteiger partial charge in [-0.1, -0.05) is 23.7 Å². The molecule has 3 heteroatoms. The average molecular weight is 228 g/mol. The summed E-state index contributed by atoms with van der Waals surface area (Å²) in [4.78, 5) is 2.42. The Kier molecular flexibility index (Phi) is 3.37. The van der Waals surface area contributed by atoms with Crippen LogP contribution in [0.2, 0.25) is 5.02 Å². The number of likely N-dealkylation sites (N-methyl/N-ethyl adjacent to an activating group) is 1. The van der Waals surface area contributed by atoms with Gasteiger partial charge in [0.25, 0.3) is 0 Å². The first-order chi connectivity index (χ1) is 6.75. The highest BCUT2D eigenvalue weighted by atomic mass is 35.5. The van der Waals surface area contributed by atoms with Gasteiger partial charge in [0.1, 0.15) is 0 Å². The Bertz CT molecular complexity index is 299. The molecule has 0 saturated carbocycles. The van der Waals surface area contributed by atoms with Gasteiger partial charge in [-0.25, -0.2) is 0 Å². The van der Waals surface area contributed by atoms with Crippen LogP contribution >= 0.6 is 23.4 Å². The molecular formula is C11H14ClNS. The van der Waals surface area contributed by atoms with Crippen LogP contribution in [0.4, 0.5) is 0 Å². The molecule has 0 N–H and O–H groups in total. The summed E-state index contributed by atoms with van der Waals surface area (Å²) in [5.41, 5.74) is 1.38. The fourth-order valence-electron chi connectivity index (χ4n) is 1.64. The molecule has 0 radical (unpaired) electrons. The Morgan fingerprint density at radius 1 is 1.43 bits per heavy atom. The zero-order valence-electron chi connectivity index (χ0n) is 8.24. The molecule has 1 aromatic carbocycles. The third kappa shape index (κ3) is 2.44. The average Bonchev–Trinajstić information content (AvgIpc) is 2.56. The highest BCUT2D eigenvalue weighted by Gasteiger charge is 2.21. The van der Waals surface area contributed by atoms with Crippen molar-refractivity contribution in [1.82, 2.24) is 4.90 Å². The van der Waals surface area contributed by atoms with Crippen LogP contribution in [0, 0.1) is 0 Å². The summed E-state index contributed by atoms with van der Waals surface area (Å²) in [6.45, 7) is 1.21. The summed E-state index contributed by atoms with van der Waals surface area (Å²) < 4.78 is 0. The molecule has 2 rings (SSSR count). The van der Waals surface area contributed by atoms with E-state index in [4.69, 9.17) is 11.6 Å². The van der Waals surface area contributed by atoms with Crippen LogP contribution in [-0.2, 0) is 6.42 Å². The summed E-state index contributed by atoms with van der Waals surface area (Å²) in [6, 6.07) is 8.18. The van der Waals surface area contributed by atoms with Crippen molar-refractivity contribution in [2.75, 3.05) is 19.3 Å². The van der Waals surface area contributed by atoms with E-state index in [1.165, 1.54) is 17.9 Å². The van der Waals surface area contributed by atoms with E-state index in [0.29, 0.717) is 5.37 Å². The van der Waals surface area contributed by atoms with Gasteiger partial charge >= 0.3 is 0 Å². The minimum Gasteiger partial charge on any atom is -0.293 e. The van der Waals surface area contributed by atoms with Gasteiger partial charge in [0.2, 0.25) is 0 Å². The van der Waals surface area contributed by atoms with Crippen molar-refractivity contribution in [3.8, 4) is 0 Å². The summed E-state index contributed by atoms with van der Waals surface area (Å²) >= 11 is 7.88. The van der Waals surface area contributed by atoms with E-state index in [-0.39, 0.29) is 0 Å². The molecule has 1 atom stereocenters. The number of thioether (sulfide) groups is 1. The van der Waals surface area contributed by atoms with E-state index in [1.54, 1.807) is 0 Å². The molecule has 76 valence electrons. The summed E-state index contributed by atoms with van der Waals surface area (Å²) in [7, 11) is 2.20. The van der Waals surface area contributed by atoms with Gasteiger partial charge < -0.3 is 0 Å². The molecule has 1 fully saturated rings. The first-order valence-corrected chi connectivity index (χ1v) is 6.24. The van der Waals surface area contributed by atoms with Crippen LogP contribution in [-0.4, -0.2) is 29.6 Å². The lowest BCUT2D eigenvalue weighted by molar-refractivity contribution is 0.351. The normalized spacial score (nSPS) is 22.9. The number of halogens is 1. The summed E-state index contributed by atoms with van der Waals surface area (Å²) in [5.74, 6) is 1.26. The minimum atomic E-state index is 0.649. The maximum Gasteiger partial charge on any atom is 0.0596 e. The Labute approximate surface area is 94.4 Å². The molecule has 1 unspecified atom stereocenters. The van der Waals surface area contributed by atoms with Gasteiger partial charge in [-0.05, 0) is 31.2 Å². The second-order valence-electron chi connectivity index (χ2n) is 3.64. The van der Waals surface area contributed by atoms with Crippen LogP contribution in [0.1, 0.15) is 5.56 Å². The number of rotatable bonds is 2. The van der Waals surface area contributed by atoms with Crippen LogP contribution < -0.4 is 0 Å². The van der Waals surface area contributed by atoms with E-state index in [0.717, 1.165) is 11.4 Å². The fraction of sp³-hybridized carbons (Fsp3) is 0.455. The van der Waals surface area contributed by atoms with Gasteiger partial charge in [0.05, 0.1) is 5.37 Å². The Hall–Kier alpha value is -0.180. The molecular weight excluding hydrogens is 214 g/mol. The van der Waals surface area contributed by atoms with Crippen LogP contribution in [0.25, 0.3) is 0 Å². The van der Waals surface area contributed by atoms with Gasteiger partial charge in [-0.15, -0.1) is 11.8 Å². The summed E-state index contributed by atoms with van der Waals surface area (Å²) in [5, 5.41) is 1.47. The Morgan fingerprint density at radius 2 is 2.14 bits per heavy atom. The Balaban J connectivity index is 2.00. The van der Waals surface area contributed by atoms with Gasteiger partial charge in [-0.2, -0.15) is 0 Å². The second-order valence-corrected chi connectivity index (χ2v) is 5.36. The van der Waals surface area contributed by atoms with Crippen molar-refractivity contribution in [3.05, 3.63) is 34.9 Å². The SMILES string of the molecule is CN1CCSC1Cc1ccc(Cl)cc1. The predicted octanol–water partition coefficient (Wildman–Crippen LogP) is 2.89. The van der Waals surface area contributed by atoms with Gasteiger partial charge in [-0.3, -0.25) is 4.90 Å². The number of benzene rings is 1. The third-order valence-electron chi connectivity index (χ3n) is 2.57. The molecule has 1 heterocycles. The van der Waals surface area contributed by atoms with Crippen LogP contribution in [0.3, 0.4) is 0 Å². The molecule has 0 bridgehead atoms. The lowest BCUT2D eigenvalue weighted by Crippen LogP contribution is -2.25. The predicted molar refractivity (Wildman–Crippen MR) is 64.0 cm³/mol. The van der Waals surface area contributed by atoms with Crippen molar-refractivity contribution in [2.24, 2.45) is 0 Å². The minimum absolute atomic E-state index is 0.649. The largest absolute Gasteiger partial charge is 0.293 e. The topological polar surface area (TPSA) is 3.24 Å². The lowest BCUT2D eigenvalue weighted by atomic mass is 10.1. The number of nitrogens with zero attached hydrogens (tertiary/aromatic N) is 1. The van der Waals surface area contributed by atoms with E-state index >= 15 is 0 Å². The van der Waals surface area contributed by atoms with Gasteiger partial charge in [0, 0.05) is 17.3 Å². The first-order valence-electron chi connectivity index (χ1n) is 4.82. The summed E-state index contributed by atoms with van der Waals surface area (Å²) in [6.07, 6.45) is 1.12. The molecule has 14 heavy (non-hydrogen) atoms. The maximum atomic E-state index is 5.84. The van der Waals surface area contributed by atoms with E-state index in [2.05, 4.69) is 24.1 Å². The molecule has 0 amide bonds. The van der Waals surface area contributed by atoms with E-state index < -0.39 is 0 Å². The fourth-order valence-corrected chi connectivity index (χ4v) is 3.10. The van der Waals surface area contributed by atoms with Crippen molar-refractivity contribution >= 4 is 23.4 Å². The standard InChI is InChI=1S/C11H14ClNS/c1-13-6-7-14-11(13)8-9-2-4-10(12)5-3-9/h2-5,11H,6-8H2,1H3. The zero-order valence-corrected chi connectivity index (χ0v) is 9.81. The molecule has 1 saturated heterocycles. The highest BCUT2D eigenvalue weighted by Crippen LogP contribution is 2.25. The highest BCUT2D eigenvalue weighted by molar-refractivity contribution is 8.00. The molecule has 1 aliphatic rings. The van der Waals surface area contributed by atoms with Crippen LogP contribution in [0.5, 0.6) is 0 Å². The smallest absolute Gasteiger partial charge is 0.0596 e. The molecule has 1 aromatic rings. The van der Waals surface area contributed by atoms with Crippen molar-refractivity contribution in [1.29, 1.82) is 0 Å². The maximum absolute atomic E-state index is 5.84. The third-order valence-corrected chi connectivity index (χ3v) is 4.15. The Morgan fingerprint density at radius 3 is 2.71 bits per heavy atom. The van der Waals surface area contributed by atoms with Gasteiger partial charge in [0.15, 0.2) is 0 Å². The lowest BCUT2D eigenvalue weighted by Gasteiger charge is -2.18. The quantitative estimate of drug-likeness (QED) is 0.765. The van der Waals surface area contributed by atoms with Crippen molar-refractivity contribution in [2.45, 2.75) is 11.8 Å². The first kappa shape index (κ1) is 10.3. The molecule has 0 aromatic heterocycles.